The molecule has 0 atom stereocenters. The first-order chi connectivity index (χ1) is 9.70. The number of rotatable bonds is 5. The number of carbonyl (C=O) groups excluding carboxylic acids is 1. The van der Waals surface area contributed by atoms with Gasteiger partial charge in [0.15, 0.2) is 0 Å². The minimum absolute atomic E-state index is 0.0280. The van der Waals surface area contributed by atoms with Gasteiger partial charge in [0.25, 0.3) is 5.91 Å². The molecule has 0 saturated carbocycles. The van der Waals surface area contributed by atoms with Crippen LogP contribution in [0.25, 0.3) is 0 Å². The lowest BCUT2D eigenvalue weighted by atomic mass is 10.1. The van der Waals surface area contributed by atoms with Gasteiger partial charge in [-0.15, -0.1) is 0 Å². The van der Waals surface area contributed by atoms with Crippen molar-refractivity contribution in [3.8, 4) is 5.75 Å². The molecule has 1 aliphatic rings. The predicted octanol–water partition coefficient (Wildman–Crippen LogP) is 1.24. The number of hydrogen-bond acceptors (Lipinski definition) is 4. The highest BCUT2D eigenvalue weighted by Crippen LogP contribution is 2.18. The summed E-state index contributed by atoms with van der Waals surface area (Å²) in [5.41, 5.74) is 7.00. The molecule has 5 heteroatoms. The molecule has 1 saturated heterocycles. The molecule has 3 N–H and O–H groups in total. The van der Waals surface area contributed by atoms with Crippen LogP contribution in [-0.4, -0.2) is 38.3 Å². The van der Waals surface area contributed by atoms with Crippen LogP contribution in [0.2, 0.25) is 0 Å². The van der Waals surface area contributed by atoms with Gasteiger partial charge in [0.1, 0.15) is 12.4 Å². The third-order valence-corrected chi connectivity index (χ3v) is 3.39. The maximum Gasteiger partial charge on any atom is 0.251 e. The molecule has 1 heterocycles. The Kier molecular flexibility index (Phi) is 5.38. The van der Waals surface area contributed by atoms with Crippen LogP contribution in [0.5, 0.6) is 5.75 Å². The molecule has 20 heavy (non-hydrogen) atoms. The van der Waals surface area contributed by atoms with E-state index in [2.05, 4.69) is 5.32 Å². The lowest BCUT2D eigenvalue weighted by Gasteiger charge is -2.23. The minimum Gasteiger partial charge on any atom is -0.492 e. The second kappa shape index (κ2) is 7.26. The summed E-state index contributed by atoms with van der Waals surface area (Å²) >= 11 is 0. The summed E-state index contributed by atoms with van der Waals surface area (Å²) in [6.45, 7) is 4.30. The molecule has 1 aromatic carbocycles. The number of amides is 1. The molecule has 0 aromatic heterocycles. The number of carbonyl (C=O) groups is 1. The summed E-state index contributed by atoms with van der Waals surface area (Å²) < 4.78 is 10.7. The van der Waals surface area contributed by atoms with Gasteiger partial charge < -0.3 is 20.5 Å². The standard InChI is InChI=1S/C15H22N2O3/c1-11-10-13(20-9-6-16)2-3-14(11)15(18)17-12-4-7-19-8-5-12/h2-3,10,12H,4-9,16H2,1H3,(H,17,18). The maximum absolute atomic E-state index is 12.2. The molecule has 0 aliphatic carbocycles. The van der Waals surface area contributed by atoms with Gasteiger partial charge in [-0.2, -0.15) is 0 Å². The average Bonchev–Trinajstić information content (AvgIpc) is 2.46. The SMILES string of the molecule is Cc1cc(OCCN)ccc1C(=O)NC1CCOCC1. The van der Waals surface area contributed by atoms with Crippen molar-refractivity contribution < 1.29 is 14.3 Å². The normalized spacial score (nSPS) is 15.9. The van der Waals surface area contributed by atoms with Crippen molar-refractivity contribution >= 4 is 5.91 Å². The summed E-state index contributed by atoms with van der Waals surface area (Å²) in [4.78, 5) is 12.2. The molecule has 1 fully saturated rings. The van der Waals surface area contributed by atoms with Gasteiger partial charge in [-0.3, -0.25) is 4.79 Å². The van der Waals surface area contributed by atoms with Crippen molar-refractivity contribution in [3.63, 3.8) is 0 Å². The molecule has 1 amide bonds. The zero-order valence-corrected chi connectivity index (χ0v) is 11.9. The minimum atomic E-state index is -0.0280. The van der Waals surface area contributed by atoms with Crippen molar-refractivity contribution in [2.24, 2.45) is 5.73 Å². The second-order valence-corrected chi connectivity index (χ2v) is 4.97. The highest BCUT2D eigenvalue weighted by Gasteiger charge is 2.18. The highest BCUT2D eigenvalue weighted by atomic mass is 16.5. The Morgan fingerprint density at radius 1 is 1.45 bits per heavy atom. The van der Waals surface area contributed by atoms with Crippen LogP contribution in [-0.2, 0) is 4.74 Å². The van der Waals surface area contributed by atoms with Crippen LogP contribution in [0.15, 0.2) is 18.2 Å². The van der Waals surface area contributed by atoms with E-state index in [1.165, 1.54) is 0 Å². The lowest BCUT2D eigenvalue weighted by Crippen LogP contribution is -2.39. The molecule has 0 spiro atoms. The molecular formula is C15H22N2O3. The quantitative estimate of drug-likeness (QED) is 0.850. The monoisotopic (exact) mass is 278 g/mol. The second-order valence-electron chi connectivity index (χ2n) is 4.97. The van der Waals surface area contributed by atoms with E-state index < -0.39 is 0 Å². The van der Waals surface area contributed by atoms with Gasteiger partial charge in [-0.25, -0.2) is 0 Å². The van der Waals surface area contributed by atoms with Crippen LogP contribution in [0, 0.1) is 6.92 Å². The van der Waals surface area contributed by atoms with Crippen molar-refractivity contribution in [2.45, 2.75) is 25.8 Å². The van der Waals surface area contributed by atoms with Gasteiger partial charge in [0.2, 0.25) is 0 Å². The summed E-state index contributed by atoms with van der Waals surface area (Å²) in [6, 6.07) is 5.69. The van der Waals surface area contributed by atoms with Crippen LogP contribution < -0.4 is 15.8 Å². The first kappa shape index (κ1) is 14.8. The summed E-state index contributed by atoms with van der Waals surface area (Å²) in [7, 11) is 0. The van der Waals surface area contributed by atoms with E-state index in [0.717, 1.165) is 37.4 Å². The van der Waals surface area contributed by atoms with Crippen molar-refractivity contribution in [1.29, 1.82) is 0 Å². The molecule has 110 valence electrons. The van der Waals surface area contributed by atoms with Crippen molar-refractivity contribution in [1.82, 2.24) is 5.32 Å². The van der Waals surface area contributed by atoms with Gasteiger partial charge in [-0.1, -0.05) is 0 Å². The Labute approximate surface area is 119 Å². The van der Waals surface area contributed by atoms with E-state index >= 15 is 0 Å². The van der Waals surface area contributed by atoms with Crippen LogP contribution in [0.3, 0.4) is 0 Å². The molecule has 0 bridgehead atoms. The zero-order valence-electron chi connectivity index (χ0n) is 11.9. The van der Waals surface area contributed by atoms with E-state index in [1.807, 2.05) is 19.1 Å². The molecule has 1 aliphatic heterocycles. The van der Waals surface area contributed by atoms with Gasteiger partial charge in [0.05, 0.1) is 0 Å². The number of nitrogens with two attached hydrogens (primary N) is 1. The first-order valence-corrected chi connectivity index (χ1v) is 7.03. The van der Waals surface area contributed by atoms with Gasteiger partial charge in [0, 0.05) is 31.4 Å². The van der Waals surface area contributed by atoms with E-state index in [9.17, 15) is 4.79 Å². The van der Waals surface area contributed by atoms with Crippen molar-refractivity contribution in [3.05, 3.63) is 29.3 Å². The Morgan fingerprint density at radius 2 is 2.20 bits per heavy atom. The maximum atomic E-state index is 12.2. The number of nitrogens with one attached hydrogen (secondary N) is 1. The predicted molar refractivity (Wildman–Crippen MR) is 77.0 cm³/mol. The highest BCUT2D eigenvalue weighted by molar-refractivity contribution is 5.96. The zero-order chi connectivity index (χ0) is 14.4. The number of hydrogen-bond donors (Lipinski definition) is 2. The fraction of sp³-hybridized carbons (Fsp3) is 0.533. The number of aryl methyl sites for hydroxylation is 1. The Hall–Kier alpha value is -1.59. The molecule has 1 aromatic rings. The average molecular weight is 278 g/mol. The van der Waals surface area contributed by atoms with Crippen LogP contribution in [0.4, 0.5) is 0 Å². The molecule has 5 nitrogen and oxygen atoms in total. The van der Waals surface area contributed by atoms with E-state index in [1.54, 1.807) is 6.07 Å². The van der Waals surface area contributed by atoms with Crippen molar-refractivity contribution in [2.75, 3.05) is 26.4 Å². The third-order valence-electron chi connectivity index (χ3n) is 3.39. The number of benzene rings is 1. The molecular weight excluding hydrogens is 256 g/mol. The Bertz CT molecular complexity index is 456. The Morgan fingerprint density at radius 3 is 2.85 bits per heavy atom. The van der Waals surface area contributed by atoms with Gasteiger partial charge >= 0.3 is 0 Å². The van der Waals surface area contributed by atoms with E-state index in [-0.39, 0.29) is 11.9 Å². The summed E-state index contributed by atoms with van der Waals surface area (Å²) in [6.07, 6.45) is 1.75. The first-order valence-electron chi connectivity index (χ1n) is 7.03. The van der Waals surface area contributed by atoms with Crippen LogP contribution >= 0.6 is 0 Å². The fourth-order valence-electron chi connectivity index (χ4n) is 2.26. The van der Waals surface area contributed by atoms with Gasteiger partial charge in [-0.05, 0) is 43.5 Å². The molecule has 0 unspecified atom stereocenters. The Balaban J connectivity index is 1.98. The summed E-state index contributed by atoms with van der Waals surface area (Å²) in [5, 5.41) is 3.06. The lowest BCUT2D eigenvalue weighted by molar-refractivity contribution is 0.0696. The largest absolute Gasteiger partial charge is 0.492 e. The molecule has 0 radical (unpaired) electrons. The van der Waals surface area contributed by atoms with E-state index in [4.69, 9.17) is 15.2 Å². The number of ether oxygens (including phenoxy) is 2. The fourth-order valence-corrected chi connectivity index (χ4v) is 2.26. The van der Waals surface area contributed by atoms with E-state index in [0.29, 0.717) is 18.7 Å². The third kappa shape index (κ3) is 3.95. The van der Waals surface area contributed by atoms with Crippen LogP contribution in [0.1, 0.15) is 28.8 Å². The summed E-state index contributed by atoms with van der Waals surface area (Å²) in [5.74, 6) is 0.718. The smallest absolute Gasteiger partial charge is 0.251 e. The molecule has 2 rings (SSSR count). The topological polar surface area (TPSA) is 73.6 Å².